The van der Waals surface area contributed by atoms with Crippen LogP contribution in [0.2, 0.25) is 0 Å². The van der Waals surface area contributed by atoms with Crippen molar-refractivity contribution in [2.24, 2.45) is 0 Å². The van der Waals surface area contributed by atoms with Gasteiger partial charge >= 0.3 is 0 Å². The molecule has 0 saturated heterocycles. The van der Waals surface area contributed by atoms with Gasteiger partial charge < -0.3 is 0 Å². The molecular weight excluding hydrogens is 400 g/mol. The molecular formula is C27H28F4. The van der Waals surface area contributed by atoms with E-state index in [0.29, 0.717) is 5.39 Å². The predicted octanol–water partition coefficient (Wildman–Crippen LogP) is 8.57. The lowest BCUT2D eigenvalue weighted by Crippen LogP contribution is -2.13. The normalized spacial score (nSPS) is 19.1. The zero-order valence-corrected chi connectivity index (χ0v) is 17.9. The van der Waals surface area contributed by atoms with E-state index in [2.05, 4.69) is 13.0 Å². The van der Waals surface area contributed by atoms with Gasteiger partial charge in [-0.15, -0.1) is 0 Å². The van der Waals surface area contributed by atoms with Crippen LogP contribution in [-0.2, 0) is 6.42 Å². The SMILES string of the molecule is CCCCCc1ccc(C2CCC(c3ccc4c(F)c(F)c(F)cc4c3)CC2)c(F)c1. The molecule has 0 spiro atoms. The topological polar surface area (TPSA) is 0 Å². The van der Waals surface area contributed by atoms with Gasteiger partial charge in [-0.1, -0.05) is 50.1 Å². The van der Waals surface area contributed by atoms with Crippen LogP contribution in [0.25, 0.3) is 10.8 Å². The Labute approximate surface area is 181 Å². The average Bonchev–Trinajstić information content (AvgIpc) is 2.78. The Morgan fingerprint density at radius 2 is 1.48 bits per heavy atom. The van der Waals surface area contributed by atoms with E-state index in [0.717, 1.165) is 74.1 Å². The summed E-state index contributed by atoms with van der Waals surface area (Å²) in [5, 5.41) is 0.471. The molecule has 0 radical (unpaired) electrons. The summed E-state index contributed by atoms with van der Waals surface area (Å²) in [6.07, 6.45) is 7.86. The van der Waals surface area contributed by atoms with Gasteiger partial charge in [0.15, 0.2) is 17.5 Å². The summed E-state index contributed by atoms with van der Waals surface area (Å²) in [6.45, 7) is 2.16. The molecule has 0 aliphatic heterocycles. The lowest BCUT2D eigenvalue weighted by Gasteiger charge is -2.29. The molecule has 0 heterocycles. The summed E-state index contributed by atoms with van der Waals surface area (Å²) in [4.78, 5) is 0. The Morgan fingerprint density at radius 1 is 0.742 bits per heavy atom. The molecule has 4 rings (SSSR count). The van der Waals surface area contributed by atoms with Crippen LogP contribution in [0.5, 0.6) is 0 Å². The van der Waals surface area contributed by atoms with Gasteiger partial charge in [-0.2, -0.15) is 0 Å². The Morgan fingerprint density at radius 3 is 2.19 bits per heavy atom. The second kappa shape index (κ2) is 9.42. The summed E-state index contributed by atoms with van der Waals surface area (Å²) in [6, 6.07) is 11.9. The third-order valence-corrected chi connectivity index (χ3v) is 6.77. The third-order valence-electron chi connectivity index (χ3n) is 6.77. The molecule has 164 valence electrons. The zero-order valence-electron chi connectivity index (χ0n) is 17.9. The molecule has 1 aliphatic rings. The van der Waals surface area contributed by atoms with Crippen molar-refractivity contribution in [2.75, 3.05) is 0 Å². The summed E-state index contributed by atoms with van der Waals surface area (Å²) in [5.41, 5.74) is 2.87. The van der Waals surface area contributed by atoms with Crippen LogP contribution in [0.15, 0.2) is 42.5 Å². The minimum Gasteiger partial charge on any atom is -0.207 e. The van der Waals surface area contributed by atoms with Crippen LogP contribution in [0.3, 0.4) is 0 Å². The third kappa shape index (κ3) is 4.63. The molecule has 0 amide bonds. The first kappa shape index (κ1) is 21.9. The number of aryl methyl sites for hydroxylation is 1. The molecule has 3 aromatic rings. The van der Waals surface area contributed by atoms with Gasteiger partial charge in [0.25, 0.3) is 0 Å². The Balaban J connectivity index is 1.44. The highest BCUT2D eigenvalue weighted by atomic mass is 19.2. The fourth-order valence-electron chi connectivity index (χ4n) is 4.95. The average molecular weight is 429 g/mol. The maximum Gasteiger partial charge on any atom is 0.195 e. The lowest BCUT2D eigenvalue weighted by molar-refractivity contribution is 0.387. The van der Waals surface area contributed by atoms with Crippen molar-refractivity contribution in [1.29, 1.82) is 0 Å². The van der Waals surface area contributed by atoms with Crippen LogP contribution in [0.1, 0.15) is 80.4 Å². The molecule has 31 heavy (non-hydrogen) atoms. The molecule has 0 aromatic heterocycles. The van der Waals surface area contributed by atoms with Crippen molar-refractivity contribution in [3.8, 4) is 0 Å². The van der Waals surface area contributed by atoms with Crippen molar-refractivity contribution in [1.82, 2.24) is 0 Å². The van der Waals surface area contributed by atoms with Crippen LogP contribution < -0.4 is 0 Å². The number of rotatable bonds is 6. The molecule has 0 nitrogen and oxygen atoms in total. The van der Waals surface area contributed by atoms with E-state index in [4.69, 9.17) is 0 Å². The fraction of sp³-hybridized carbons (Fsp3) is 0.407. The Bertz CT molecular complexity index is 1060. The summed E-state index contributed by atoms with van der Waals surface area (Å²) in [7, 11) is 0. The quantitative estimate of drug-likeness (QED) is 0.209. The van der Waals surface area contributed by atoms with E-state index in [9.17, 15) is 17.6 Å². The van der Waals surface area contributed by atoms with Gasteiger partial charge in [-0.25, -0.2) is 17.6 Å². The van der Waals surface area contributed by atoms with Crippen LogP contribution in [0.4, 0.5) is 17.6 Å². The van der Waals surface area contributed by atoms with Crippen molar-refractivity contribution < 1.29 is 17.6 Å². The van der Waals surface area contributed by atoms with Gasteiger partial charge in [0.2, 0.25) is 0 Å². The van der Waals surface area contributed by atoms with Crippen molar-refractivity contribution in [3.05, 3.63) is 82.4 Å². The van der Waals surface area contributed by atoms with Gasteiger partial charge in [0, 0.05) is 5.39 Å². The summed E-state index contributed by atoms with van der Waals surface area (Å²) >= 11 is 0. The maximum atomic E-state index is 14.7. The van der Waals surface area contributed by atoms with E-state index in [1.807, 2.05) is 6.07 Å². The molecule has 0 bridgehead atoms. The van der Waals surface area contributed by atoms with E-state index < -0.39 is 17.5 Å². The molecule has 0 atom stereocenters. The summed E-state index contributed by atoms with van der Waals surface area (Å²) in [5.74, 6) is -3.38. The second-order valence-electron chi connectivity index (χ2n) is 8.83. The van der Waals surface area contributed by atoms with E-state index in [1.165, 1.54) is 6.07 Å². The standard InChI is InChI=1S/C27H28F4/c1-2-3-4-5-17-6-12-22(24(28)14-17)19-9-7-18(8-10-19)20-11-13-23-21(15-20)16-25(29)27(31)26(23)30/h6,11-16,18-19H,2-5,7-10H2,1H3. The largest absolute Gasteiger partial charge is 0.207 e. The highest BCUT2D eigenvalue weighted by Crippen LogP contribution is 2.42. The minimum absolute atomic E-state index is 0.0948. The summed E-state index contributed by atoms with van der Waals surface area (Å²) < 4.78 is 55.8. The van der Waals surface area contributed by atoms with Gasteiger partial charge in [0.05, 0.1) is 0 Å². The first-order valence-electron chi connectivity index (χ1n) is 11.3. The molecule has 0 N–H and O–H groups in total. The highest BCUT2D eigenvalue weighted by molar-refractivity contribution is 5.84. The first-order chi connectivity index (χ1) is 15.0. The number of hydrogen-bond acceptors (Lipinski definition) is 0. The number of unbranched alkanes of at least 4 members (excludes halogenated alkanes) is 2. The zero-order chi connectivity index (χ0) is 22.0. The highest BCUT2D eigenvalue weighted by Gasteiger charge is 2.26. The van der Waals surface area contributed by atoms with Crippen LogP contribution in [-0.4, -0.2) is 0 Å². The van der Waals surface area contributed by atoms with Crippen LogP contribution >= 0.6 is 0 Å². The number of fused-ring (bicyclic) bond motifs is 1. The monoisotopic (exact) mass is 428 g/mol. The molecule has 1 aliphatic carbocycles. The fourth-order valence-corrected chi connectivity index (χ4v) is 4.95. The molecule has 1 fully saturated rings. The number of hydrogen-bond donors (Lipinski definition) is 0. The molecule has 1 saturated carbocycles. The van der Waals surface area contributed by atoms with Crippen LogP contribution in [0, 0.1) is 23.3 Å². The van der Waals surface area contributed by atoms with Crippen molar-refractivity contribution in [3.63, 3.8) is 0 Å². The number of halogens is 4. The second-order valence-corrected chi connectivity index (χ2v) is 8.83. The van der Waals surface area contributed by atoms with Gasteiger partial charge in [-0.3, -0.25) is 0 Å². The van der Waals surface area contributed by atoms with Crippen molar-refractivity contribution in [2.45, 2.75) is 70.1 Å². The smallest absolute Gasteiger partial charge is 0.195 e. The molecule has 0 unspecified atom stereocenters. The van der Waals surface area contributed by atoms with Crippen molar-refractivity contribution >= 4 is 10.8 Å². The lowest BCUT2D eigenvalue weighted by atomic mass is 9.75. The van der Waals surface area contributed by atoms with E-state index >= 15 is 0 Å². The minimum atomic E-state index is -1.43. The Kier molecular flexibility index (Phi) is 6.64. The molecule has 4 heteroatoms. The maximum absolute atomic E-state index is 14.7. The predicted molar refractivity (Wildman–Crippen MR) is 117 cm³/mol. The van der Waals surface area contributed by atoms with Gasteiger partial charge in [0.1, 0.15) is 5.82 Å². The Hall–Kier alpha value is -2.36. The number of benzene rings is 3. The van der Waals surface area contributed by atoms with E-state index in [-0.39, 0.29) is 23.0 Å². The molecule has 3 aromatic carbocycles. The first-order valence-corrected chi connectivity index (χ1v) is 11.3. The van der Waals surface area contributed by atoms with Gasteiger partial charge in [-0.05, 0) is 84.6 Å². The van der Waals surface area contributed by atoms with E-state index in [1.54, 1.807) is 18.2 Å².